The van der Waals surface area contributed by atoms with Gasteiger partial charge in [0.15, 0.2) is 0 Å². The van der Waals surface area contributed by atoms with Gasteiger partial charge in [-0.2, -0.15) is 0 Å². The summed E-state index contributed by atoms with van der Waals surface area (Å²) in [4.78, 5) is 11.3. The molecule has 4 atom stereocenters. The van der Waals surface area contributed by atoms with Crippen LogP contribution in [0.1, 0.15) is 34.1 Å². The molecule has 0 aromatic carbocycles. The van der Waals surface area contributed by atoms with Crippen molar-refractivity contribution in [2.75, 3.05) is 0 Å². The highest BCUT2D eigenvalue weighted by Crippen LogP contribution is 2.38. The second-order valence-corrected chi connectivity index (χ2v) is 4.66. The Morgan fingerprint density at radius 2 is 1.86 bits per heavy atom. The molecule has 1 aliphatic rings. The monoisotopic (exact) mass is 196 g/mol. The Bertz CT molecular complexity index is 245. The molecular weight excluding hydrogens is 176 g/mol. The maximum Gasteiger partial charge on any atom is 0.333 e. The molecule has 1 fully saturated rings. The van der Waals surface area contributed by atoms with E-state index in [0.29, 0.717) is 23.3 Å². The Morgan fingerprint density at radius 1 is 1.29 bits per heavy atom. The van der Waals surface area contributed by atoms with Crippen molar-refractivity contribution in [1.29, 1.82) is 0 Å². The fourth-order valence-electron chi connectivity index (χ4n) is 2.05. The van der Waals surface area contributed by atoms with Crippen LogP contribution in [0, 0.1) is 17.8 Å². The topological polar surface area (TPSA) is 26.3 Å². The number of esters is 1. The molecule has 1 aliphatic carbocycles. The number of carbonyl (C=O) groups is 1. The third-order valence-electron chi connectivity index (χ3n) is 3.52. The van der Waals surface area contributed by atoms with Crippen LogP contribution in [0.15, 0.2) is 12.2 Å². The van der Waals surface area contributed by atoms with Crippen LogP contribution in [0.2, 0.25) is 0 Å². The molecular formula is C12H20O2. The fourth-order valence-corrected chi connectivity index (χ4v) is 2.05. The zero-order valence-corrected chi connectivity index (χ0v) is 9.54. The first-order chi connectivity index (χ1) is 6.43. The molecule has 80 valence electrons. The van der Waals surface area contributed by atoms with Crippen LogP contribution >= 0.6 is 0 Å². The lowest BCUT2D eigenvalue weighted by molar-refractivity contribution is -0.145. The Morgan fingerprint density at radius 3 is 2.21 bits per heavy atom. The molecule has 14 heavy (non-hydrogen) atoms. The molecule has 2 heteroatoms. The molecule has 4 unspecified atom stereocenters. The second-order valence-electron chi connectivity index (χ2n) is 4.66. The molecule has 1 rings (SSSR count). The summed E-state index contributed by atoms with van der Waals surface area (Å²) in [6.45, 7) is 11.9. The van der Waals surface area contributed by atoms with Crippen molar-refractivity contribution in [2.24, 2.45) is 17.8 Å². The van der Waals surface area contributed by atoms with Crippen LogP contribution in [0.5, 0.6) is 0 Å². The Hall–Kier alpha value is -0.790. The van der Waals surface area contributed by atoms with Crippen molar-refractivity contribution in [3.8, 4) is 0 Å². The average Bonchev–Trinajstić information content (AvgIpc) is 2.33. The first kappa shape index (κ1) is 11.3. The van der Waals surface area contributed by atoms with E-state index >= 15 is 0 Å². The largest absolute Gasteiger partial charge is 0.459 e. The molecule has 0 saturated heterocycles. The number of ether oxygens (including phenoxy) is 1. The lowest BCUT2D eigenvalue weighted by Gasteiger charge is -2.18. The SMILES string of the molecule is C=C(C)C(=O)OC1CC(C)C(C)C1C. The van der Waals surface area contributed by atoms with Crippen LogP contribution in [0.25, 0.3) is 0 Å². The van der Waals surface area contributed by atoms with Gasteiger partial charge in [0.1, 0.15) is 6.10 Å². The van der Waals surface area contributed by atoms with E-state index in [9.17, 15) is 4.79 Å². The Labute approximate surface area is 86.3 Å². The van der Waals surface area contributed by atoms with Crippen molar-refractivity contribution in [1.82, 2.24) is 0 Å². The summed E-state index contributed by atoms with van der Waals surface area (Å²) >= 11 is 0. The zero-order valence-electron chi connectivity index (χ0n) is 9.54. The van der Waals surface area contributed by atoms with Gasteiger partial charge in [-0.3, -0.25) is 0 Å². The third kappa shape index (κ3) is 2.17. The molecule has 0 amide bonds. The Balaban J connectivity index is 2.55. The third-order valence-corrected chi connectivity index (χ3v) is 3.52. The van der Waals surface area contributed by atoms with Crippen LogP contribution in [0.4, 0.5) is 0 Å². The van der Waals surface area contributed by atoms with Gasteiger partial charge in [0.05, 0.1) is 0 Å². The van der Waals surface area contributed by atoms with E-state index in [-0.39, 0.29) is 12.1 Å². The van der Waals surface area contributed by atoms with E-state index in [1.807, 2.05) is 0 Å². The van der Waals surface area contributed by atoms with Gasteiger partial charge in [-0.25, -0.2) is 4.79 Å². The predicted octanol–water partition coefficient (Wildman–Crippen LogP) is 2.79. The van der Waals surface area contributed by atoms with E-state index in [1.54, 1.807) is 6.92 Å². The molecule has 0 aliphatic heterocycles. The number of hydrogen-bond donors (Lipinski definition) is 0. The van der Waals surface area contributed by atoms with Crippen LogP contribution in [0.3, 0.4) is 0 Å². The van der Waals surface area contributed by atoms with E-state index < -0.39 is 0 Å². The summed E-state index contributed by atoms with van der Waals surface area (Å²) in [5.74, 6) is 1.50. The molecule has 0 aromatic heterocycles. The molecule has 0 radical (unpaired) electrons. The first-order valence-corrected chi connectivity index (χ1v) is 5.30. The smallest absolute Gasteiger partial charge is 0.333 e. The number of rotatable bonds is 2. The molecule has 0 heterocycles. The molecule has 0 spiro atoms. The highest BCUT2D eigenvalue weighted by atomic mass is 16.5. The van der Waals surface area contributed by atoms with Crippen LogP contribution in [-0.4, -0.2) is 12.1 Å². The lowest BCUT2D eigenvalue weighted by atomic mass is 9.94. The average molecular weight is 196 g/mol. The van der Waals surface area contributed by atoms with Gasteiger partial charge in [0, 0.05) is 5.57 Å². The number of hydrogen-bond acceptors (Lipinski definition) is 2. The highest BCUT2D eigenvalue weighted by molar-refractivity contribution is 5.87. The maximum atomic E-state index is 11.3. The maximum absolute atomic E-state index is 11.3. The summed E-state index contributed by atoms with van der Waals surface area (Å²) < 4.78 is 5.39. The van der Waals surface area contributed by atoms with Gasteiger partial charge >= 0.3 is 5.97 Å². The normalized spacial score (nSPS) is 36.9. The first-order valence-electron chi connectivity index (χ1n) is 5.30. The number of carbonyl (C=O) groups excluding carboxylic acids is 1. The Kier molecular flexibility index (Phi) is 3.35. The fraction of sp³-hybridized carbons (Fsp3) is 0.750. The van der Waals surface area contributed by atoms with Crippen molar-refractivity contribution in [3.05, 3.63) is 12.2 Å². The van der Waals surface area contributed by atoms with Gasteiger partial charge in [0.2, 0.25) is 0 Å². The van der Waals surface area contributed by atoms with E-state index in [4.69, 9.17) is 4.74 Å². The lowest BCUT2D eigenvalue weighted by Crippen LogP contribution is -2.22. The zero-order chi connectivity index (χ0) is 10.9. The summed E-state index contributed by atoms with van der Waals surface area (Å²) in [6.07, 6.45) is 1.07. The summed E-state index contributed by atoms with van der Waals surface area (Å²) in [5.41, 5.74) is 0.490. The van der Waals surface area contributed by atoms with E-state index in [2.05, 4.69) is 27.4 Å². The molecule has 0 aromatic rings. The summed E-state index contributed by atoms with van der Waals surface area (Å²) in [5, 5.41) is 0. The molecule has 0 bridgehead atoms. The van der Waals surface area contributed by atoms with E-state index in [0.717, 1.165) is 6.42 Å². The van der Waals surface area contributed by atoms with Crippen molar-refractivity contribution < 1.29 is 9.53 Å². The minimum atomic E-state index is -0.247. The van der Waals surface area contributed by atoms with E-state index in [1.165, 1.54) is 0 Å². The van der Waals surface area contributed by atoms with Gasteiger partial charge in [0.25, 0.3) is 0 Å². The summed E-state index contributed by atoms with van der Waals surface area (Å²) in [7, 11) is 0. The molecule has 2 nitrogen and oxygen atoms in total. The second kappa shape index (κ2) is 4.16. The molecule has 1 saturated carbocycles. The van der Waals surface area contributed by atoms with Crippen LogP contribution < -0.4 is 0 Å². The predicted molar refractivity (Wildman–Crippen MR) is 56.8 cm³/mol. The highest BCUT2D eigenvalue weighted by Gasteiger charge is 2.37. The quantitative estimate of drug-likeness (QED) is 0.501. The standard InChI is InChI=1S/C12H20O2/c1-7(2)12(13)14-11-6-8(3)9(4)10(11)5/h8-11H,1,6H2,2-5H3. The van der Waals surface area contributed by atoms with Gasteiger partial charge in [-0.1, -0.05) is 27.4 Å². The van der Waals surface area contributed by atoms with Crippen LogP contribution in [-0.2, 0) is 9.53 Å². The van der Waals surface area contributed by atoms with Gasteiger partial charge < -0.3 is 4.74 Å². The van der Waals surface area contributed by atoms with Crippen molar-refractivity contribution >= 4 is 5.97 Å². The van der Waals surface area contributed by atoms with Gasteiger partial charge in [-0.05, 0) is 31.1 Å². The van der Waals surface area contributed by atoms with Crippen molar-refractivity contribution in [2.45, 2.75) is 40.2 Å². The molecule has 0 N–H and O–H groups in total. The minimum absolute atomic E-state index is 0.0872. The van der Waals surface area contributed by atoms with Gasteiger partial charge in [-0.15, -0.1) is 0 Å². The minimum Gasteiger partial charge on any atom is -0.459 e. The summed E-state index contributed by atoms with van der Waals surface area (Å²) in [6, 6.07) is 0. The van der Waals surface area contributed by atoms with Crippen molar-refractivity contribution in [3.63, 3.8) is 0 Å².